The van der Waals surface area contributed by atoms with Crippen LogP contribution in [0.2, 0.25) is 0 Å². The highest BCUT2D eigenvalue weighted by atomic mass is 14.6. The molecule has 0 spiro atoms. The van der Waals surface area contributed by atoms with Gasteiger partial charge in [0, 0.05) is 12.4 Å². The number of aryl methyl sites for hydroxylation is 1. The Morgan fingerprint density at radius 2 is 1.69 bits per heavy atom. The summed E-state index contributed by atoms with van der Waals surface area (Å²) < 4.78 is 0. The van der Waals surface area contributed by atoms with E-state index in [9.17, 15) is 0 Å². The van der Waals surface area contributed by atoms with Gasteiger partial charge < -0.3 is 0 Å². The van der Waals surface area contributed by atoms with Crippen LogP contribution in [0.25, 0.3) is 0 Å². The molecule has 0 fully saturated rings. The van der Waals surface area contributed by atoms with Crippen molar-refractivity contribution in [1.82, 2.24) is 4.98 Å². The third-order valence-electron chi connectivity index (χ3n) is 1.83. The minimum atomic E-state index is 0.243. The van der Waals surface area contributed by atoms with Crippen LogP contribution < -0.4 is 0 Å². The van der Waals surface area contributed by atoms with Crippen LogP contribution in [-0.2, 0) is 5.41 Å². The largest absolute Gasteiger partial charge is 0.264 e. The molecule has 0 radical (unpaired) electrons. The Balaban J connectivity index is 0.000000671. The van der Waals surface area contributed by atoms with E-state index in [0.717, 1.165) is 0 Å². The summed E-state index contributed by atoms with van der Waals surface area (Å²) in [5.41, 5.74) is 2.90. The molecule has 1 rings (SSSR count). The summed E-state index contributed by atoms with van der Waals surface area (Å²) in [6, 6.07) is 2.09. The molecule has 0 bridgehead atoms. The number of rotatable bonds is 0. The van der Waals surface area contributed by atoms with Gasteiger partial charge in [-0.25, -0.2) is 0 Å². The molecule has 0 N–H and O–H groups in total. The van der Waals surface area contributed by atoms with E-state index < -0.39 is 0 Å². The van der Waals surface area contributed by atoms with Gasteiger partial charge in [0.15, 0.2) is 0 Å². The molecule has 1 heterocycles. The Morgan fingerprint density at radius 3 is 2.00 bits per heavy atom. The summed E-state index contributed by atoms with van der Waals surface area (Å²) >= 11 is 0. The van der Waals surface area contributed by atoms with Gasteiger partial charge >= 0.3 is 0 Å². The van der Waals surface area contributed by atoms with Crippen LogP contribution in [0.5, 0.6) is 0 Å². The lowest BCUT2D eigenvalue weighted by molar-refractivity contribution is 0.585. The smallest absolute Gasteiger partial charge is 0.0299 e. The first-order valence-electron chi connectivity index (χ1n) is 4.93. The first-order chi connectivity index (χ1) is 6.02. The maximum absolute atomic E-state index is 4.06. The fraction of sp³-hybridized carbons (Fsp3) is 0.583. The zero-order valence-corrected chi connectivity index (χ0v) is 9.68. The van der Waals surface area contributed by atoms with Crippen molar-refractivity contribution in [2.45, 2.75) is 47.0 Å². The Morgan fingerprint density at radius 1 is 1.15 bits per heavy atom. The summed E-state index contributed by atoms with van der Waals surface area (Å²) in [5, 5.41) is 0. The van der Waals surface area contributed by atoms with Gasteiger partial charge in [-0.1, -0.05) is 34.6 Å². The summed E-state index contributed by atoms with van der Waals surface area (Å²) in [7, 11) is 0. The van der Waals surface area contributed by atoms with Crippen molar-refractivity contribution in [3.8, 4) is 0 Å². The molecule has 0 atom stereocenters. The van der Waals surface area contributed by atoms with Crippen molar-refractivity contribution in [3.05, 3.63) is 29.6 Å². The lowest BCUT2D eigenvalue weighted by atomic mass is 9.85. The maximum atomic E-state index is 4.06. The highest BCUT2D eigenvalue weighted by Gasteiger charge is 2.14. The van der Waals surface area contributed by atoms with E-state index in [2.05, 4.69) is 38.7 Å². The van der Waals surface area contributed by atoms with Crippen molar-refractivity contribution < 1.29 is 0 Å². The number of aromatic nitrogens is 1. The van der Waals surface area contributed by atoms with E-state index >= 15 is 0 Å². The lowest BCUT2D eigenvalue weighted by Crippen LogP contribution is -2.12. The first kappa shape index (κ1) is 12.2. The number of hydrogen-bond donors (Lipinski definition) is 0. The molecule has 0 unspecified atom stereocenters. The second-order valence-electron chi connectivity index (χ2n) is 3.94. The highest BCUT2D eigenvalue weighted by Crippen LogP contribution is 2.23. The zero-order valence-electron chi connectivity index (χ0n) is 9.68. The molecule has 0 aliphatic rings. The van der Waals surface area contributed by atoms with Crippen LogP contribution in [0.3, 0.4) is 0 Å². The predicted octanol–water partition coefficient (Wildman–Crippen LogP) is 3.71. The van der Waals surface area contributed by atoms with Crippen LogP contribution in [0.15, 0.2) is 18.5 Å². The van der Waals surface area contributed by atoms with Gasteiger partial charge in [-0.15, -0.1) is 0 Å². The number of pyridine rings is 1. The minimum absolute atomic E-state index is 0.243. The Labute approximate surface area is 82.2 Å². The normalized spacial score (nSPS) is 10.3. The van der Waals surface area contributed by atoms with Gasteiger partial charge in [0.05, 0.1) is 0 Å². The fourth-order valence-electron chi connectivity index (χ4n) is 1.31. The van der Waals surface area contributed by atoms with E-state index in [1.54, 1.807) is 0 Å². The fourth-order valence-corrected chi connectivity index (χ4v) is 1.31. The van der Waals surface area contributed by atoms with Gasteiger partial charge in [0.1, 0.15) is 0 Å². The summed E-state index contributed by atoms with van der Waals surface area (Å²) in [4.78, 5) is 4.06. The van der Waals surface area contributed by atoms with Gasteiger partial charge in [-0.2, -0.15) is 0 Å². The van der Waals surface area contributed by atoms with Crippen molar-refractivity contribution in [3.63, 3.8) is 0 Å². The highest BCUT2D eigenvalue weighted by molar-refractivity contribution is 5.28. The quantitative estimate of drug-likeness (QED) is 0.591. The maximum Gasteiger partial charge on any atom is 0.0299 e. The zero-order chi connectivity index (χ0) is 10.5. The van der Waals surface area contributed by atoms with Crippen LogP contribution in [0, 0.1) is 6.92 Å². The van der Waals surface area contributed by atoms with Crippen LogP contribution in [-0.4, -0.2) is 4.98 Å². The molecule has 1 nitrogen and oxygen atoms in total. The molecular weight excluding hydrogens is 158 g/mol. The number of hydrogen-bond acceptors (Lipinski definition) is 1. The molecule has 0 aromatic carbocycles. The molecule has 1 heteroatoms. The van der Waals surface area contributed by atoms with E-state index in [4.69, 9.17) is 0 Å². The standard InChI is InChI=1S/C10H15N.C2H6/c1-8-7-11-6-5-9(8)10(2,3)4;1-2/h5-7H,1-4H3;1-2H3. The topological polar surface area (TPSA) is 12.9 Å². The van der Waals surface area contributed by atoms with E-state index in [1.165, 1.54) is 11.1 Å². The molecule has 0 saturated carbocycles. The Hall–Kier alpha value is -0.850. The van der Waals surface area contributed by atoms with E-state index in [-0.39, 0.29) is 5.41 Å². The third-order valence-corrected chi connectivity index (χ3v) is 1.83. The van der Waals surface area contributed by atoms with Crippen LogP contribution in [0.1, 0.15) is 45.7 Å². The molecule has 1 aromatic heterocycles. The lowest BCUT2D eigenvalue weighted by Gasteiger charge is -2.20. The second-order valence-corrected chi connectivity index (χ2v) is 3.94. The van der Waals surface area contributed by atoms with E-state index in [1.807, 2.05) is 26.2 Å². The molecule has 1 aromatic rings. The summed E-state index contributed by atoms with van der Waals surface area (Å²) in [6.45, 7) is 12.8. The third kappa shape index (κ3) is 3.58. The van der Waals surface area contributed by atoms with E-state index in [0.29, 0.717) is 0 Å². The van der Waals surface area contributed by atoms with Crippen LogP contribution in [0.4, 0.5) is 0 Å². The average Bonchev–Trinajstić information content (AvgIpc) is 2.07. The monoisotopic (exact) mass is 179 g/mol. The van der Waals surface area contributed by atoms with Crippen molar-refractivity contribution >= 4 is 0 Å². The SMILES string of the molecule is CC.Cc1cnccc1C(C)(C)C. The summed E-state index contributed by atoms with van der Waals surface area (Å²) in [5.74, 6) is 0. The molecular formula is C12H21N. The second kappa shape index (κ2) is 5.00. The number of nitrogens with zero attached hydrogens (tertiary/aromatic N) is 1. The minimum Gasteiger partial charge on any atom is -0.264 e. The molecule has 0 saturated heterocycles. The molecule has 0 aliphatic carbocycles. The predicted molar refractivity (Wildman–Crippen MR) is 59.0 cm³/mol. The van der Waals surface area contributed by atoms with Gasteiger partial charge in [0.25, 0.3) is 0 Å². The van der Waals surface area contributed by atoms with Crippen molar-refractivity contribution in [1.29, 1.82) is 0 Å². The molecule has 0 amide bonds. The summed E-state index contributed by atoms with van der Waals surface area (Å²) in [6.07, 6.45) is 3.77. The average molecular weight is 179 g/mol. The molecule has 74 valence electrons. The Bertz CT molecular complexity index is 246. The Kier molecular flexibility index (Phi) is 4.68. The molecule has 0 aliphatic heterocycles. The van der Waals surface area contributed by atoms with Gasteiger partial charge in [-0.3, -0.25) is 4.98 Å². The van der Waals surface area contributed by atoms with Crippen LogP contribution >= 0.6 is 0 Å². The van der Waals surface area contributed by atoms with Gasteiger partial charge in [-0.05, 0) is 29.5 Å². The van der Waals surface area contributed by atoms with Gasteiger partial charge in [0.2, 0.25) is 0 Å². The molecule has 13 heavy (non-hydrogen) atoms. The first-order valence-corrected chi connectivity index (χ1v) is 4.93. The van der Waals surface area contributed by atoms with Crippen molar-refractivity contribution in [2.24, 2.45) is 0 Å². The van der Waals surface area contributed by atoms with Crippen molar-refractivity contribution in [2.75, 3.05) is 0 Å².